The molecular formula is C26H30N4O3. The van der Waals surface area contributed by atoms with Crippen molar-refractivity contribution in [1.82, 2.24) is 15.5 Å². The van der Waals surface area contributed by atoms with E-state index in [1.165, 1.54) is 18.4 Å². The normalized spacial score (nSPS) is 21.2. The maximum absolute atomic E-state index is 13.0. The van der Waals surface area contributed by atoms with Crippen molar-refractivity contribution in [2.24, 2.45) is 5.92 Å². The second kappa shape index (κ2) is 9.35. The summed E-state index contributed by atoms with van der Waals surface area (Å²) in [7, 11) is 0. The monoisotopic (exact) mass is 446 g/mol. The van der Waals surface area contributed by atoms with Gasteiger partial charge in [-0.1, -0.05) is 24.3 Å². The van der Waals surface area contributed by atoms with Gasteiger partial charge in [0, 0.05) is 30.8 Å². The minimum atomic E-state index is -0.576. The molecule has 1 atom stereocenters. The van der Waals surface area contributed by atoms with Crippen molar-refractivity contribution in [3.05, 3.63) is 64.7 Å². The zero-order valence-corrected chi connectivity index (χ0v) is 18.7. The fourth-order valence-electron chi connectivity index (χ4n) is 5.09. The molecule has 2 aromatic rings. The molecule has 0 aromatic heterocycles. The standard InChI is InChI=1S/C26H30N4O3/c31-24-8-7-23(25(32)29-24)30-16-20-4-1-19(14-22(20)26(30)33)15-28-21-5-2-17(3-6-21)13-18-9-11-27-12-10-18/h1-6,14,18,23,27-28H,7-13,15-16H2,(H,29,31,32). The SMILES string of the molecule is O=C1CCC(N2Cc3ccc(CNc4ccc(CC5CCNCC5)cc4)cc3C2=O)C(=O)N1. The van der Waals surface area contributed by atoms with Gasteiger partial charge >= 0.3 is 0 Å². The summed E-state index contributed by atoms with van der Waals surface area (Å²) in [6, 6.07) is 14.0. The van der Waals surface area contributed by atoms with Crippen molar-refractivity contribution in [1.29, 1.82) is 0 Å². The second-order valence-corrected chi connectivity index (χ2v) is 9.34. The van der Waals surface area contributed by atoms with E-state index >= 15 is 0 Å². The summed E-state index contributed by atoms with van der Waals surface area (Å²) in [6.07, 6.45) is 4.28. The average Bonchev–Trinajstić information content (AvgIpc) is 3.15. The number of amides is 3. The summed E-state index contributed by atoms with van der Waals surface area (Å²) in [5, 5.41) is 9.21. The van der Waals surface area contributed by atoms with E-state index in [2.05, 4.69) is 40.2 Å². The van der Waals surface area contributed by atoms with Gasteiger partial charge in [-0.25, -0.2) is 0 Å². The lowest BCUT2D eigenvalue weighted by molar-refractivity contribution is -0.136. The molecule has 5 rings (SSSR count). The van der Waals surface area contributed by atoms with E-state index in [0.717, 1.165) is 42.2 Å². The molecule has 3 heterocycles. The Hall–Kier alpha value is -3.19. The molecule has 172 valence electrons. The number of anilines is 1. The number of benzene rings is 2. The van der Waals surface area contributed by atoms with Crippen LogP contribution in [0.3, 0.4) is 0 Å². The van der Waals surface area contributed by atoms with Crippen LogP contribution >= 0.6 is 0 Å². The van der Waals surface area contributed by atoms with E-state index in [9.17, 15) is 14.4 Å². The van der Waals surface area contributed by atoms with E-state index in [1.807, 2.05) is 18.2 Å². The molecule has 0 spiro atoms. The largest absolute Gasteiger partial charge is 0.381 e. The van der Waals surface area contributed by atoms with Crippen LogP contribution < -0.4 is 16.0 Å². The minimum Gasteiger partial charge on any atom is -0.381 e. The van der Waals surface area contributed by atoms with Gasteiger partial charge in [0.25, 0.3) is 5.91 Å². The van der Waals surface area contributed by atoms with Crippen molar-refractivity contribution in [2.75, 3.05) is 18.4 Å². The third kappa shape index (κ3) is 4.78. The Morgan fingerprint density at radius 3 is 2.45 bits per heavy atom. The van der Waals surface area contributed by atoms with Crippen LogP contribution in [-0.2, 0) is 29.1 Å². The molecule has 2 aromatic carbocycles. The molecule has 1 unspecified atom stereocenters. The molecule has 3 aliphatic rings. The van der Waals surface area contributed by atoms with E-state index in [4.69, 9.17) is 0 Å². The van der Waals surface area contributed by atoms with Crippen molar-refractivity contribution < 1.29 is 14.4 Å². The van der Waals surface area contributed by atoms with Gasteiger partial charge in [0.15, 0.2) is 0 Å². The molecule has 2 saturated heterocycles. The summed E-state index contributed by atoms with van der Waals surface area (Å²) < 4.78 is 0. The maximum atomic E-state index is 13.0. The molecule has 0 radical (unpaired) electrons. The Morgan fingerprint density at radius 2 is 1.70 bits per heavy atom. The number of carbonyl (C=O) groups excluding carboxylic acids is 3. The number of nitrogens with one attached hydrogen (secondary N) is 3. The predicted molar refractivity (Wildman–Crippen MR) is 126 cm³/mol. The van der Waals surface area contributed by atoms with E-state index in [1.54, 1.807) is 4.90 Å². The van der Waals surface area contributed by atoms with Crippen LogP contribution in [0.4, 0.5) is 5.69 Å². The lowest BCUT2D eigenvalue weighted by atomic mass is 9.91. The fraction of sp³-hybridized carbons (Fsp3) is 0.423. The van der Waals surface area contributed by atoms with Crippen molar-refractivity contribution >= 4 is 23.4 Å². The minimum absolute atomic E-state index is 0.136. The number of carbonyl (C=O) groups is 3. The Kier molecular flexibility index (Phi) is 6.13. The highest BCUT2D eigenvalue weighted by molar-refractivity contribution is 6.05. The Labute approximate surface area is 193 Å². The second-order valence-electron chi connectivity index (χ2n) is 9.34. The quantitative estimate of drug-likeness (QED) is 0.594. The number of hydrogen-bond donors (Lipinski definition) is 3. The Balaban J connectivity index is 1.19. The molecule has 0 bridgehead atoms. The molecule has 3 amide bonds. The highest BCUT2D eigenvalue weighted by atomic mass is 16.2. The van der Waals surface area contributed by atoms with Gasteiger partial charge in [-0.2, -0.15) is 0 Å². The molecule has 7 nitrogen and oxygen atoms in total. The third-order valence-electron chi connectivity index (χ3n) is 7.03. The zero-order chi connectivity index (χ0) is 22.8. The fourth-order valence-corrected chi connectivity index (χ4v) is 5.09. The highest BCUT2D eigenvalue weighted by Gasteiger charge is 2.39. The lowest BCUT2D eigenvalue weighted by Gasteiger charge is -2.29. The first-order valence-corrected chi connectivity index (χ1v) is 11.9. The zero-order valence-electron chi connectivity index (χ0n) is 18.7. The number of rotatable bonds is 6. The number of piperidine rings is 2. The average molecular weight is 447 g/mol. The maximum Gasteiger partial charge on any atom is 0.255 e. The Morgan fingerprint density at radius 1 is 0.939 bits per heavy atom. The van der Waals surface area contributed by atoms with Crippen LogP contribution in [0.15, 0.2) is 42.5 Å². The van der Waals surface area contributed by atoms with Crippen molar-refractivity contribution in [3.8, 4) is 0 Å². The van der Waals surface area contributed by atoms with Gasteiger partial charge in [-0.3, -0.25) is 19.7 Å². The molecule has 2 fully saturated rings. The van der Waals surface area contributed by atoms with Gasteiger partial charge in [0.1, 0.15) is 6.04 Å². The van der Waals surface area contributed by atoms with E-state index in [-0.39, 0.29) is 24.1 Å². The summed E-state index contributed by atoms with van der Waals surface area (Å²) in [5.74, 6) is -0.0108. The third-order valence-corrected chi connectivity index (χ3v) is 7.03. The number of hydrogen-bond acceptors (Lipinski definition) is 5. The summed E-state index contributed by atoms with van der Waals surface area (Å²) in [6.45, 7) is 3.27. The summed E-state index contributed by atoms with van der Waals surface area (Å²) in [4.78, 5) is 38.2. The predicted octanol–water partition coefficient (Wildman–Crippen LogP) is 2.60. The van der Waals surface area contributed by atoms with Crippen LogP contribution in [-0.4, -0.2) is 41.8 Å². The number of imide groups is 1. The molecule has 0 aliphatic carbocycles. The van der Waals surface area contributed by atoms with Crippen LogP contribution in [0.1, 0.15) is 52.7 Å². The van der Waals surface area contributed by atoms with Gasteiger partial charge in [-0.15, -0.1) is 0 Å². The van der Waals surface area contributed by atoms with Crippen LogP contribution in [0.25, 0.3) is 0 Å². The number of fused-ring (bicyclic) bond motifs is 1. The van der Waals surface area contributed by atoms with E-state index < -0.39 is 6.04 Å². The highest BCUT2D eigenvalue weighted by Crippen LogP contribution is 2.28. The molecule has 3 N–H and O–H groups in total. The van der Waals surface area contributed by atoms with Crippen LogP contribution in [0.2, 0.25) is 0 Å². The van der Waals surface area contributed by atoms with Gasteiger partial charge in [0.2, 0.25) is 11.8 Å². The van der Waals surface area contributed by atoms with Crippen molar-refractivity contribution in [2.45, 2.75) is 51.2 Å². The molecule has 0 saturated carbocycles. The topological polar surface area (TPSA) is 90.5 Å². The number of nitrogens with zero attached hydrogens (tertiary/aromatic N) is 1. The molecular weight excluding hydrogens is 416 g/mol. The summed E-state index contributed by atoms with van der Waals surface area (Å²) in [5.41, 5.74) is 5.03. The first kappa shape index (κ1) is 21.6. The van der Waals surface area contributed by atoms with Gasteiger partial charge < -0.3 is 15.5 Å². The van der Waals surface area contributed by atoms with Crippen molar-refractivity contribution in [3.63, 3.8) is 0 Å². The van der Waals surface area contributed by atoms with E-state index in [0.29, 0.717) is 25.1 Å². The first-order chi connectivity index (χ1) is 16.1. The van der Waals surface area contributed by atoms with Crippen LogP contribution in [0.5, 0.6) is 0 Å². The lowest BCUT2D eigenvalue weighted by Crippen LogP contribution is -2.52. The molecule has 7 heteroatoms. The van der Waals surface area contributed by atoms with Gasteiger partial charge in [0.05, 0.1) is 0 Å². The van der Waals surface area contributed by atoms with Gasteiger partial charge in [-0.05, 0) is 79.6 Å². The van der Waals surface area contributed by atoms with Crippen LogP contribution in [0, 0.1) is 5.92 Å². The molecule has 3 aliphatic heterocycles. The summed E-state index contributed by atoms with van der Waals surface area (Å²) >= 11 is 0. The molecule has 33 heavy (non-hydrogen) atoms. The first-order valence-electron chi connectivity index (χ1n) is 11.9. The Bertz CT molecular complexity index is 1060. The smallest absolute Gasteiger partial charge is 0.255 e.